The number of anilines is 2. The SMILES string of the molecule is CC1Cc2ccccc2N1Cc1cc(N)cc(F)c1. The molecule has 0 bridgehead atoms. The lowest BCUT2D eigenvalue weighted by molar-refractivity contribution is 0.621. The van der Waals surface area contributed by atoms with Crippen LogP contribution in [0.5, 0.6) is 0 Å². The van der Waals surface area contributed by atoms with Crippen molar-refractivity contribution in [3.05, 3.63) is 59.4 Å². The summed E-state index contributed by atoms with van der Waals surface area (Å²) in [6.45, 7) is 2.89. The van der Waals surface area contributed by atoms with Crippen molar-refractivity contribution in [3.63, 3.8) is 0 Å². The van der Waals surface area contributed by atoms with Crippen LogP contribution in [0.2, 0.25) is 0 Å². The molecule has 0 saturated heterocycles. The van der Waals surface area contributed by atoms with E-state index in [1.165, 1.54) is 17.3 Å². The maximum atomic E-state index is 13.4. The van der Waals surface area contributed by atoms with Gasteiger partial charge in [0.05, 0.1) is 0 Å². The van der Waals surface area contributed by atoms with Crippen LogP contribution in [0.25, 0.3) is 0 Å². The van der Waals surface area contributed by atoms with Gasteiger partial charge in [0, 0.05) is 24.0 Å². The number of para-hydroxylation sites is 1. The van der Waals surface area contributed by atoms with Crippen molar-refractivity contribution >= 4 is 11.4 Å². The number of benzene rings is 2. The highest BCUT2D eigenvalue weighted by Crippen LogP contribution is 2.33. The summed E-state index contributed by atoms with van der Waals surface area (Å²) < 4.78 is 13.4. The van der Waals surface area contributed by atoms with Crippen LogP contribution in [0.15, 0.2) is 42.5 Å². The van der Waals surface area contributed by atoms with Gasteiger partial charge in [0.25, 0.3) is 0 Å². The van der Waals surface area contributed by atoms with Crippen molar-refractivity contribution in [2.24, 2.45) is 0 Å². The van der Waals surface area contributed by atoms with Crippen molar-refractivity contribution < 1.29 is 4.39 Å². The van der Waals surface area contributed by atoms with E-state index in [0.717, 1.165) is 12.0 Å². The van der Waals surface area contributed by atoms with E-state index < -0.39 is 0 Å². The molecule has 3 rings (SSSR count). The van der Waals surface area contributed by atoms with Crippen LogP contribution >= 0.6 is 0 Å². The third kappa shape index (κ3) is 2.28. The molecule has 3 heteroatoms. The first kappa shape index (κ1) is 12.0. The van der Waals surface area contributed by atoms with Crippen LogP contribution in [0.1, 0.15) is 18.1 Å². The summed E-state index contributed by atoms with van der Waals surface area (Å²) in [4.78, 5) is 2.31. The number of halogens is 1. The number of rotatable bonds is 2. The van der Waals surface area contributed by atoms with E-state index in [1.807, 2.05) is 12.1 Å². The topological polar surface area (TPSA) is 29.3 Å². The Kier molecular flexibility index (Phi) is 2.90. The van der Waals surface area contributed by atoms with E-state index in [1.54, 1.807) is 6.07 Å². The molecule has 1 atom stereocenters. The van der Waals surface area contributed by atoms with Gasteiger partial charge < -0.3 is 10.6 Å². The standard InChI is InChI=1S/C16H17FN2/c1-11-6-13-4-2-3-5-16(13)19(11)10-12-7-14(17)9-15(18)8-12/h2-5,7-9,11H,6,10,18H2,1H3. The zero-order chi connectivity index (χ0) is 13.4. The average Bonchev–Trinajstić information content (AvgIpc) is 2.65. The van der Waals surface area contributed by atoms with Crippen LogP contribution < -0.4 is 10.6 Å². The Morgan fingerprint density at radius 2 is 2.05 bits per heavy atom. The molecule has 2 nitrogen and oxygen atoms in total. The van der Waals surface area contributed by atoms with Crippen LogP contribution in [0.3, 0.4) is 0 Å². The summed E-state index contributed by atoms with van der Waals surface area (Å²) in [5, 5.41) is 0. The number of hydrogen-bond donors (Lipinski definition) is 1. The number of hydrogen-bond acceptors (Lipinski definition) is 2. The zero-order valence-corrected chi connectivity index (χ0v) is 10.9. The molecular weight excluding hydrogens is 239 g/mol. The minimum atomic E-state index is -0.268. The molecule has 0 radical (unpaired) electrons. The van der Waals surface area contributed by atoms with E-state index >= 15 is 0 Å². The quantitative estimate of drug-likeness (QED) is 0.835. The van der Waals surface area contributed by atoms with Gasteiger partial charge in [0.2, 0.25) is 0 Å². The summed E-state index contributed by atoms with van der Waals surface area (Å²) in [7, 11) is 0. The second-order valence-electron chi connectivity index (χ2n) is 5.20. The number of nitrogens with zero attached hydrogens (tertiary/aromatic N) is 1. The zero-order valence-electron chi connectivity index (χ0n) is 10.9. The van der Waals surface area contributed by atoms with Crippen LogP contribution in [0.4, 0.5) is 15.8 Å². The number of fused-ring (bicyclic) bond motifs is 1. The third-order valence-corrected chi connectivity index (χ3v) is 3.68. The molecule has 2 aromatic rings. The summed E-state index contributed by atoms with van der Waals surface area (Å²) in [5.74, 6) is -0.268. The lowest BCUT2D eigenvalue weighted by Crippen LogP contribution is -2.28. The predicted octanol–water partition coefficient (Wildman–Crippen LogP) is 3.36. The number of nitrogen functional groups attached to an aromatic ring is 1. The lowest BCUT2D eigenvalue weighted by atomic mass is 10.1. The molecule has 0 aliphatic carbocycles. The smallest absolute Gasteiger partial charge is 0.125 e. The van der Waals surface area contributed by atoms with Crippen molar-refractivity contribution in [2.75, 3.05) is 10.6 Å². The van der Waals surface area contributed by atoms with Gasteiger partial charge >= 0.3 is 0 Å². The molecule has 2 aromatic carbocycles. The molecule has 0 spiro atoms. The Hall–Kier alpha value is -2.03. The van der Waals surface area contributed by atoms with Gasteiger partial charge in [0.1, 0.15) is 5.82 Å². The van der Waals surface area contributed by atoms with E-state index in [2.05, 4.69) is 30.0 Å². The minimum absolute atomic E-state index is 0.268. The van der Waals surface area contributed by atoms with E-state index in [9.17, 15) is 4.39 Å². The molecule has 19 heavy (non-hydrogen) atoms. The molecule has 1 heterocycles. The Bertz CT molecular complexity index is 589. The normalized spacial score (nSPS) is 17.6. The minimum Gasteiger partial charge on any atom is -0.399 e. The Labute approximate surface area is 112 Å². The molecule has 0 aromatic heterocycles. The van der Waals surface area contributed by atoms with Gasteiger partial charge in [-0.2, -0.15) is 0 Å². The average molecular weight is 256 g/mol. The Balaban J connectivity index is 1.91. The summed E-state index contributed by atoms with van der Waals surface area (Å²) >= 11 is 0. The molecule has 0 amide bonds. The first-order valence-corrected chi connectivity index (χ1v) is 6.53. The van der Waals surface area contributed by atoms with Crippen LogP contribution in [-0.2, 0) is 13.0 Å². The van der Waals surface area contributed by atoms with Gasteiger partial charge in [-0.15, -0.1) is 0 Å². The molecule has 98 valence electrons. The highest BCUT2D eigenvalue weighted by Gasteiger charge is 2.25. The summed E-state index contributed by atoms with van der Waals surface area (Å²) in [6, 6.07) is 13.6. The first-order valence-electron chi connectivity index (χ1n) is 6.53. The maximum absolute atomic E-state index is 13.4. The molecular formula is C16H17FN2. The van der Waals surface area contributed by atoms with Crippen molar-refractivity contribution in [3.8, 4) is 0 Å². The molecule has 0 fully saturated rings. The van der Waals surface area contributed by atoms with Crippen molar-refractivity contribution in [2.45, 2.75) is 25.9 Å². The van der Waals surface area contributed by atoms with Gasteiger partial charge in [0.15, 0.2) is 0 Å². The van der Waals surface area contributed by atoms with Crippen molar-refractivity contribution in [1.29, 1.82) is 0 Å². The van der Waals surface area contributed by atoms with E-state index in [-0.39, 0.29) is 5.82 Å². The van der Waals surface area contributed by atoms with Gasteiger partial charge in [-0.1, -0.05) is 18.2 Å². The molecule has 0 saturated carbocycles. The van der Waals surface area contributed by atoms with Crippen LogP contribution in [-0.4, -0.2) is 6.04 Å². The van der Waals surface area contributed by atoms with Crippen molar-refractivity contribution in [1.82, 2.24) is 0 Å². The Morgan fingerprint density at radius 3 is 2.84 bits per heavy atom. The predicted molar refractivity (Wildman–Crippen MR) is 76.6 cm³/mol. The van der Waals surface area contributed by atoms with Gasteiger partial charge in [-0.25, -0.2) is 4.39 Å². The highest BCUT2D eigenvalue weighted by molar-refractivity contribution is 5.59. The largest absolute Gasteiger partial charge is 0.399 e. The third-order valence-electron chi connectivity index (χ3n) is 3.68. The Morgan fingerprint density at radius 1 is 1.26 bits per heavy atom. The number of nitrogens with two attached hydrogens (primary N) is 1. The van der Waals surface area contributed by atoms with E-state index in [0.29, 0.717) is 18.3 Å². The van der Waals surface area contributed by atoms with Crippen LogP contribution in [0, 0.1) is 5.82 Å². The molecule has 2 N–H and O–H groups in total. The second kappa shape index (κ2) is 4.57. The van der Waals surface area contributed by atoms with Gasteiger partial charge in [-0.05, 0) is 48.7 Å². The molecule has 1 aliphatic heterocycles. The summed E-state index contributed by atoms with van der Waals surface area (Å²) in [5.41, 5.74) is 9.71. The highest BCUT2D eigenvalue weighted by atomic mass is 19.1. The van der Waals surface area contributed by atoms with Gasteiger partial charge in [-0.3, -0.25) is 0 Å². The fourth-order valence-corrected chi connectivity index (χ4v) is 2.83. The summed E-state index contributed by atoms with van der Waals surface area (Å²) in [6.07, 6.45) is 1.04. The van der Waals surface area contributed by atoms with E-state index in [4.69, 9.17) is 5.73 Å². The lowest BCUT2D eigenvalue weighted by Gasteiger charge is -2.25. The molecule has 1 aliphatic rings. The monoisotopic (exact) mass is 256 g/mol. The molecule has 1 unspecified atom stereocenters. The maximum Gasteiger partial charge on any atom is 0.125 e. The fraction of sp³-hybridized carbons (Fsp3) is 0.250. The fourth-order valence-electron chi connectivity index (χ4n) is 2.83. The second-order valence-corrected chi connectivity index (χ2v) is 5.20. The first-order chi connectivity index (χ1) is 9.13.